The Morgan fingerprint density at radius 1 is 1.05 bits per heavy atom. The predicted octanol–water partition coefficient (Wildman–Crippen LogP) is 2.16. The summed E-state index contributed by atoms with van der Waals surface area (Å²) in [7, 11) is 0. The van der Waals surface area contributed by atoms with Crippen molar-refractivity contribution in [1.82, 2.24) is 15.5 Å². The smallest absolute Gasteiger partial charge is 0.305 e. The lowest BCUT2D eigenvalue weighted by molar-refractivity contribution is -0.142. The van der Waals surface area contributed by atoms with Gasteiger partial charge in [0, 0.05) is 12.1 Å². The SMILES string of the molecule is CC(C)[C@H](NC(=O)c1cccc2c1Cc1ccccc1-2)C(=O)N1CCCC1C(=O)N[C@H](C=O)CC(=O)O. The van der Waals surface area contributed by atoms with Gasteiger partial charge in [-0.25, -0.2) is 0 Å². The second kappa shape index (κ2) is 10.9. The number of carbonyl (C=O) groups is 5. The van der Waals surface area contributed by atoms with Crippen LogP contribution in [-0.4, -0.2) is 64.7 Å². The molecule has 3 amide bonds. The van der Waals surface area contributed by atoms with Gasteiger partial charge in [-0.1, -0.05) is 50.2 Å². The Balaban J connectivity index is 1.50. The summed E-state index contributed by atoms with van der Waals surface area (Å²) in [6.07, 6.45) is 1.45. The van der Waals surface area contributed by atoms with E-state index in [0.717, 1.165) is 22.3 Å². The molecule has 1 saturated heterocycles. The fraction of sp³-hybridized carbons (Fsp3) is 0.393. The molecular weight excluding hydrogens is 474 g/mol. The van der Waals surface area contributed by atoms with Crippen molar-refractivity contribution >= 4 is 30.0 Å². The zero-order chi connectivity index (χ0) is 26.7. The Morgan fingerprint density at radius 2 is 1.78 bits per heavy atom. The Morgan fingerprint density at radius 3 is 2.49 bits per heavy atom. The highest BCUT2D eigenvalue weighted by atomic mass is 16.4. The van der Waals surface area contributed by atoms with Gasteiger partial charge in [0.1, 0.15) is 18.4 Å². The van der Waals surface area contributed by atoms with Gasteiger partial charge in [0.2, 0.25) is 11.8 Å². The Hall–Kier alpha value is -4.01. The number of nitrogens with zero attached hydrogens (tertiary/aromatic N) is 1. The number of hydrogen-bond acceptors (Lipinski definition) is 5. The molecule has 0 saturated carbocycles. The third-order valence-corrected chi connectivity index (χ3v) is 7.04. The van der Waals surface area contributed by atoms with Crippen molar-refractivity contribution in [2.75, 3.05) is 6.54 Å². The lowest BCUT2D eigenvalue weighted by atomic mass is 9.98. The van der Waals surface area contributed by atoms with E-state index < -0.39 is 36.4 Å². The number of likely N-dealkylation sites (tertiary alicyclic amines) is 1. The van der Waals surface area contributed by atoms with E-state index >= 15 is 0 Å². The predicted molar refractivity (Wildman–Crippen MR) is 136 cm³/mol. The molecule has 0 radical (unpaired) electrons. The summed E-state index contributed by atoms with van der Waals surface area (Å²) in [5, 5.41) is 14.3. The van der Waals surface area contributed by atoms with Crippen molar-refractivity contribution in [3.8, 4) is 11.1 Å². The molecule has 3 N–H and O–H groups in total. The molecule has 2 aromatic carbocycles. The van der Waals surface area contributed by atoms with Crippen LogP contribution in [0, 0.1) is 5.92 Å². The molecular formula is C28H31N3O6. The Bertz CT molecular complexity index is 1240. The molecule has 9 nitrogen and oxygen atoms in total. The normalized spacial score (nSPS) is 17.5. The van der Waals surface area contributed by atoms with Crippen LogP contribution in [0.2, 0.25) is 0 Å². The molecule has 1 aliphatic heterocycles. The summed E-state index contributed by atoms with van der Waals surface area (Å²) in [6, 6.07) is 10.7. The average molecular weight is 506 g/mol. The van der Waals surface area contributed by atoms with Gasteiger partial charge in [-0.2, -0.15) is 0 Å². The molecule has 4 rings (SSSR count). The first kappa shape index (κ1) is 26.1. The second-order valence-electron chi connectivity index (χ2n) is 9.90. The van der Waals surface area contributed by atoms with E-state index in [9.17, 15) is 24.0 Å². The van der Waals surface area contributed by atoms with Crippen LogP contribution in [0.4, 0.5) is 0 Å². The summed E-state index contributed by atoms with van der Waals surface area (Å²) in [5.41, 5.74) is 4.71. The van der Waals surface area contributed by atoms with Crippen molar-refractivity contribution in [3.63, 3.8) is 0 Å². The minimum absolute atomic E-state index is 0.246. The first-order valence-electron chi connectivity index (χ1n) is 12.5. The molecule has 194 valence electrons. The lowest BCUT2D eigenvalue weighted by Crippen LogP contribution is -2.56. The Labute approximate surface area is 215 Å². The van der Waals surface area contributed by atoms with E-state index in [1.54, 1.807) is 6.07 Å². The highest BCUT2D eigenvalue weighted by molar-refractivity contribution is 6.02. The topological polar surface area (TPSA) is 133 Å². The number of nitrogens with one attached hydrogen (secondary N) is 2. The van der Waals surface area contributed by atoms with Crippen LogP contribution in [0.5, 0.6) is 0 Å². The quantitative estimate of drug-likeness (QED) is 0.382. The minimum Gasteiger partial charge on any atom is -0.481 e. The molecule has 37 heavy (non-hydrogen) atoms. The molecule has 0 spiro atoms. The number of hydrogen-bond donors (Lipinski definition) is 3. The Kier molecular flexibility index (Phi) is 7.71. The van der Waals surface area contributed by atoms with Gasteiger partial charge in [-0.05, 0) is 53.5 Å². The zero-order valence-corrected chi connectivity index (χ0v) is 20.9. The molecule has 2 aromatic rings. The summed E-state index contributed by atoms with van der Waals surface area (Å²) in [4.78, 5) is 63.4. The van der Waals surface area contributed by atoms with E-state index in [-0.39, 0.29) is 17.7 Å². The number of aliphatic carboxylic acids is 1. The summed E-state index contributed by atoms with van der Waals surface area (Å²) < 4.78 is 0. The molecule has 0 bridgehead atoms. The number of carboxylic acid groups (broad SMARTS) is 1. The van der Waals surface area contributed by atoms with Crippen LogP contribution in [0.3, 0.4) is 0 Å². The highest BCUT2D eigenvalue weighted by Gasteiger charge is 2.39. The van der Waals surface area contributed by atoms with Gasteiger partial charge < -0.3 is 25.4 Å². The number of carbonyl (C=O) groups excluding carboxylic acids is 4. The number of rotatable bonds is 9. The van der Waals surface area contributed by atoms with Gasteiger partial charge in [-0.15, -0.1) is 0 Å². The van der Waals surface area contributed by atoms with Crippen LogP contribution in [0.1, 0.15) is 54.6 Å². The lowest BCUT2D eigenvalue weighted by Gasteiger charge is -2.31. The first-order valence-corrected chi connectivity index (χ1v) is 12.5. The van der Waals surface area contributed by atoms with Crippen molar-refractivity contribution in [1.29, 1.82) is 0 Å². The van der Waals surface area contributed by atoms with Crippen LogP contribution in [-0.2, 0) is 25.6 Å². The average Bonchev–Trinajstić information content (AvgIpc) is 3.51. The van der Waals surface area contributed by atoms with E-state index in [4.69, 9.17) is 5.11 Å². The molecule has 1 unspecified atom stereocenters. The molecule has 3 atom stereocenters. The van der Waals surface area contributed by atoms with Crippen LogP contribution < -0.4 is 10.6 Å². The highest BCUT2D eigenvalue weighted by Crippen LogP contribution is 2.38. The third kappa shape index (κ3) is 5.40. The molecule has 1 heterocycles. The van der Waals surface area contributed by atoms with Gasteiger partial charge in [-0.3, -0.25) is 19.2 Å². The van der Waals surface area contributed by atoms with Crippen molar-refractivity contribution in [2.24, 2.45) is 5.92 Å². The second-order valence-corrected chi connectivity index (χ2v) is 9.90. The van der Waals surface area contributed by atoms with Gasteiger partial charge >= 0.3 is 5.97 Å². The maximum absolute atomic E-state index is 13.6. The fourth-order valence-corrected chi connectivity index (χ4v) is 5.18. The monoisotopic (exact) mass is 505 g/mol. The summed E-state index contributed by atoms with van der Waals surface area (Å²) in [5.74, 6) is -2.76. The number of fused-ring (bicyclic) bond motifs is 3. The summed E-state index contributed by atoms with van der Waals surface area (Å²) in [6.45, 7) is 3.99. The standard InChI is InChI=1S/C28H31N3O6/c1-16(2)25(28(37)31-12-6-11-23(31)27(36)29-18(15-32)14-24(33)34)30-26(35)21-10-5-9-20-19-8-4-3-7-17(19)13-22(20)21/h3-5,7-10,15-16,18,23,25H,6,11-14H2,1-2H3,(H,29,36)(H,30,35)(H,33,34)/t18-,23?,25-/m0/s1. The van der Waals surface area contributed by atoms with Crippen LogP contribution in [0.15, 0.2) is 42.5 Å². The van der Waals surface area contributed by atoms with Crippen LogP contribution in [0.25, 0.3) is 11.1 Å². The van der Waals surface area contributed by atoms with Crippen molar-refractivity contribution in [2.45, 2.75) is 57.7 Å². The van der Waals surface area contributed by atoms with Gasteiger partial charge in [0.05, 0.1) is 12.5 Å². The van der Waals surface area contributed by atoms with Crippen molar-refractivity contribution < 1.29 is 29.1 Å². The van der Waals surface area contributed by atoms with Crippen molar-refractivity contribution in [3.05, 3.63) is 59.2 Å². The maximum Gasteiger partial charge on any atom is 0.305 e. The maximum atomic E-state index is 13.6. The zero-order valence-electron chi connectivity index (χ0n) is 20.9. The minimum atomic E-state index is -1.21. The summed E-state index contributed by atoms with van der Waals surface area (Å²) >= 11 is 0. The molecule has 1 aliphatic carbocycles. The van der Waals surface area contributed by atoms with Gasteiger partial charge in [0.25, 0.3) is 5.91 Å². The molecule has 1 fully saturated rings. The van der Waals surface area contributed by atoms with Gasteiger partial charge in [0.15, 0.2) is 0 Å². The van der Waals surface area contributed by atoms with Crippen LogP contribution >= 0.6 is 0 Å². The number of amides is 3. The molecule has 2 aliphatic rings. The van der Waals surface area contributed by atoms with E-state index in [0.29, 0.717) is 37.7 Å². The number of carboxylic acids is 1. The largest absolute Gasteiger partial charge is 0.481 e. The molecule has 9 heteroatoms. The first-order chi connectivity index (χ1) is 17.7. The van der Waals surface area contributed by atoms with E-state index in [2.05, 4.69) is 10.6 Å². The number of benzene rings is 2. The third-order valence-electron chi connectivity index (χ3n) is 7.04. The number of aldehydes is 1. The molecule has 0 aromatic heterocycles. The fourth-order valence-electron chi connectivity index (χ4n) is 5.18. The van der Waals surface area contributed by atoms with E-state index in [1.165, 1.54) is 4.90 Å². The van der Waals surface area contributed by atoms with E-state index in [1.807, 2.05) is 50.2 Å².